The van der Waals surface area contributed by atoms with Gasteiger partial charge in [0.2, 0.25) is 0 Å². The van der Waals surface area contributed by atoms with E-state index in [-0.39, 0.29) is 11.2 Å². The normalized spacial score (nSPS) is 14.8. The van der Waals surface area contributed by atoms with Crippen LogP contribution in [-0.4, -0.2) is 11.1 Å². The third-order valence-corrected chi connectivity index (χ3v) is 5.17. The molecule has 0 aromatic heterocycles. The lowest BCUT2D eigenvalue weighted by Gasteiger charge is -2.09. The molecule has 0 saturated heterocycles. The van der Waals surface area contributed by atoms with Gasteiger partial charge in [-0.3, -0.25) is 4.79 Å². The molecule has 3 rings (SSSR count). The van der Waals surface area contributed by atoms with Gasteiger partial charge in [0.05, 0.1) is 5.41 Å². The van der Waals surface area contributed by atoms with Crippen molar-refractivity contribution in [2.75, 3.05) is 0 Å². The standard InChI is InChI=1S/C22H25FO3/c23-19-9-5-18(6-10-19)16-26-20-11-7-17(8-12-20)4-2-1-3-13-22(14-15-22)21(24)25/h5-12H,1-4,13-16H2,(H,24,25). The fourth-order valence-corrected chi connectivity index (χ4v) is 3.19. The van der Waals surface area contributed by atoms with Gasteiger partial charge in [-0.15, -0.1) is 0 Å². The smallest absolute Gasteiger partial charge is 0.309 e. The summed E-state index contributed by atoms with van der Waals surface area (Å²) in [4.78, 5) is 11.1. The molecular weight excluding hydrogens is 331 g/mol. The number of ether oxygens (including phenoxy) is 1. The number of unbranched alkanes of at least 4 members (excludes halogenated alkanes) is 2. The van der Waals surface area contributed by atoms with Crippen molar-refractivity contribution in [3.8, 4) is 5.75 Å². The quantitative estimate of drug-likeness (QED) is 0.582. The van der Waals surface area contributed by atoms with Crippen LogP contribution in [0.2, 0.25) is 0 Å². The van der Waals surface area contributed by atoms with Crippen molar-refractivity contribution in [3.05, 3.63) is 65.5 Å². The molecule has 3 nitrogen and oxygen atoms in total. The molecule has 0 radical (unpaired) electrons. The molecule has 0 heterocycles. The molecule has 1 saturated carbocycles. The van der Waals surface area contributed by atoms with E-state index in [9.17, 15) is 9.18 Å². The molecule has 0 amide bonds. The minimum atomic E-state index is -0.617. The number of aliphatic carboxylic acids is 1. The first-order valence-electron chi connectivity index (χ1n) is 9.27. The number of carboxylic acid groups (broad SMARTS) is 1. The van der Waals surface area contributed by atoms with Crippen LogP contribution in [0.3, 0.4) is 0 Å². The van der Waals surface area contributed by atoms with Crippen molar-refractivity contribution in [2.45, 2.75) is 51.6 Å². The van der Waals surface area contributed by atoms with Crippen molar-refractivity contribution in [1.29, 1.82) is 0 Å². The van der Waals surface area contributed by atoms with Crippen LogP contribution in [0.5, 0.6) is 5.75 Å². The van der Waals surface area contributed by atoms with Crippen molar-refractivity contribution >= 4 is 5.97 Å². The summed E-state index contributed by atoms with van der Waals surface area (Å²) in [6, 6.07) is 14.4. The van der Waals surface area contributed by atoms with Crippen LogP contribution >= 0.6 is 0 Å². The first kappa shape index (κ1) is 18.4. The molecule has 26 heavy (non-hydrogen) atoms. The van der Waals surface area contributed by atoms with E-state index in [1.807, 2.05) is 12.1 Å². The van der Waals surface area contributed by atoms with Gasteiger partial charge in [0.15, 0.2) is 0 Å². The number of halogens is 1. The SMILES string of the molecule is O=C(O)C1(CCCCCc2ccc(OCc3ccc(F)cc3)cc2)CC1. The summed E-state index contributed by atoms with van der Waals surface area (Å²) in [6.07, 6.45) is 6.65. The molecule has 0 spiro atoms. The molecule has 0 aliphatic heterocycles. The predicted octanol–water partition coefficient (Wildman–Crippen LogP) is 5.37. The molecule has 138 valence electrons. The van der Waals surface area contributed by atoms with Crippen LogP contribution in [0.25, 0.3) is 0 Å². The second-order valence-electron chi connectivity index (χ2n) is 7.21. The molecule has 1 fully saturated rings. The van der Waals surface area contributed by atoms with Gasteiger partial charge >= 0.3 is 5.97 Å². The largest absolute Gasteiger partial charge is 0.489 e. The highest BCUT2D eigenvalue weighted by atomic mass is 19.1. The van der Waals surface area contributed by atoms with Crippen molar-refractivity contribution < 1.29 is 19.0 Å². The van der Waals surface area contributed by atoms with E-state index < -0.39 is 5.97 Å². The van der Waals surface area contributed by atoms with E-state index in [0.29, 0.717) is 6.61 Å². The summed E-state index contributed by atoms with van der Waals surface area (Å²) in [7, 11) is 0. The van der Waals surface area contributed by atoms with E-state index in [0.717, 1.165) is 56.3 Å². The average Bonchev–Trinajstić information content (AvgIpc) is 3.43. The van der Waals surface area contributed by atoms with E-state index in [4.69, 9.17) is 9.84 Å². The summed E-state index contributed by atoms with van der Waals surface area (Å²) >= 11 is 0. The van der Waals surface area contributed by atoms with E-state index in [2.05, 4.69) is 12.1 Å². The lowest BCUT2D eigenvalue weighted by atomic mass is 9.97. The second-order valence-corrected chi connectivity index (χ2v) is 7.21. The number of hydrogen-bond acceptors (Lipinski definition) is 2. The number of benzene rings is 2. The number of carboxylic acids is 1. The van der Waals surface area contributed by atoms with Crippen LogP contribution in [0, 0.1) is 11.2 Å². The highest BCUT2D eigenvalue weighted by Gasteiger charge is 2.49. The van der Waals surface area contributed by atoms with Crippen LogP contribution < -0.4 is 4.74 Å². The predicted molar refractivity (Wildman–Crippen MR) is 98.6 cm³/mol. The number of hydrogen-bond donors (Lipinski definition) is 1. The topological polar surface area (TPSA) is 46.5 Å². The van der Waals surface area contributed by atoms with Gasteiger partial charge in [0, 0.05) is 0 Å². The van der Waals surface area contributed by atoms with Crippen LogP contribution in [0.1, 0.15) is 49.7 Å². The lowest BCUT2D eigenvalue weighted by Crippen LogP contribution is -2.14. The Balaban J connectivity index is 1.35. The van der Waals surface area contributed by atoms with E-state index in [1.165, 1.54) is 17.7 Å². The monoisotopic (exact) mass is 356 g/mol. The highest BCUT2D eigenvalue weighted by molar-refractivity contribution is 5.77. The van der Waals surface area contributed by atoms with Gasteiger partial charge in [-0.25, -0.2) is 4.39 Å². The maximum Gasteiger partial charge on any atom is 0.309 e. The van der Waals surface area contributed by atoms with Crippen molar-refractivity contribution in [3.63, 3.8) is 0 Å². The summed E-state index contributed by atoms with van der Waals surface area (Å²) < 4.78 is 18.6. The third kappa shape index (κ3) is 5.07. The van der Waals surface area contributed by atoms with E-state index in [1.54, 1.807) is 12.1 Å². The van der Waals surface area contributed by atoms with Crippen LogP contribution in [0.15, 0.2) is 48.5 Å². The Hall–Kier alpha value is -2.36. The van der Waals surface area contributed by atoms with Crippen molar-refractivity contribution in [2.24, 2.45) is 5.41 Å². The molecule has 1 aliphatic rings. The maximum absolute atomic E-state index is 12.9. The van der Waals surface area contributed by atoms with Gasteiger partial charge in [-0.1, -0.05) is 37.1 Å². The number of aryl methyl sites for hydroxylation is 1. The highest BCUT2D eigenvalue weighted by Crippen LogP contribution is 2.50. The minimum Gasteiger partial charge on any atom is -0.489 e. The molecule has 2 aromatic carbocycles. The van der Waals surface area contributed by atoms with Crippen LogP contribution in [0.4, 0.5) is 4.39 Å². The Bertz CT molecular complexity index is 718. The maximum atomic E-state index is 12.9. The Morgan fingerprint density at radius 1 is 0.962 bits per heavy atom. The summed E-state index contributed by atoms with van der Waals surface area (Å²) in [6.45, 7) is 0.422. The zero-order valence-electron chi connectivity index (χ0n) is 14.9. The lowest BCUT2D eigenvalue weighted by molar-refractivity contribution is -0.143. The van der Waals surface area contributed by atoms with Gasteiger partial charge in [-0.05, 0) is 67.5 Å². The minimum absolute atomic E-state index is 0.242. The molecule has 0 unspecified atom stereocenters. The zero-order valence-corrected chi connectivity index (χ0v) is 14.9. The fraction of sp³-hybridized carbons (Fsp3) is 0.409. The molecule has 4 heteroatoms. The Morgan fingerprint density at radius 3 is 2.23 bits per heavy atom. The first-order valence-corrected chi connectivity index (χ1v) is 9.27. The summed E-state index contributed by atoms with van der Waals surface area (Å²) in [5.41, 5.74) is 1.81. The Morgan fingerprint density at radius 2 is 1.62 bits per heavy atom. The Labute approximate surface area is 153 Å². The van der Waals surface area contributed by atoms with Gasteiger partial charge in [0.1, 0.15) is 18.2 Å². The fourth-order valence-electron chi connectivity index (χ4n) is 3.19. The van der Waals surface area contributed by atoms with Crippen molar-refractivity contribution in [1.82, 2.24) is 0 Å². The van der Waals surface area contributed by atoms with Gasteiger partial charge < -0.3 is 9.84 Å². The zero-order chi connectivity index (χ0) is 18.4. The molecule has 0 bridgehead atoms. The number of rotatable bonds is 10. The molecule has 1 aliphatic carbocycles. The van der Waals surface area contributed by atoms with Gasteiger partial charge in [0.25, 0.3) is 0 Å². The first-order chi connectivity index (χ1) is 12.6. The molecular formula is C22H25FO3. The molecule has 0 atom stereocenters. The number of carbonyl (C=O) groups is 1. The van der Waals surface area contributed by atoms with E-state index >= 15 is 0 Å². The summed E-state index contributed by atoms with van der Waals surface area (Å²) in [5, 5.41) is 9.16. The molecule has 1 N–H and O–H groups in total. The average molecular weight is 356 g/mol. The van der Waals surface area contributed by atoms with Crippen LogP contribution in [-0.2, 0) is 17.8 Å². The summed E-state index contributed by atoms with van der Waals surface area (Å²) in [5.74, 6) is -0.0581. The third-order valence-electron chi connectivity index (χ3n) is 5.17. The van der Waals surface area contributed by atoms with Gasteiger partial charge in [-0.2, -0.15) is 0 Å². The molecule has 2 aromatic rings. The Kier molecular flexibility index (Phi) is 5.92. The second kappa shape index (κ2) is 8.35.